The third-order valence-corrected chi connectivity index (χ3v) is 5.60. The molecule has 0 amide bonds. The average Bonchev–Trinajstić information content (AvgIpc) is 2.35. The van der Waals surface area contributed by atoms with Crippen molar-refractivity contribution in [2.24, 2.45) is 17.8 Å². The summed E-state index contributed by atoms with van der Waals surface area (Å²) in [6.45, 7) is 4.60. The van der Waals surface area contributed by atoms with Crippen molar-refractivity contribution in [1.29, 1.82) is 0 Å². The van der Waals surface area contributed by atoms with Gasteiger partial charge >= 0.3 is 0 Å². The standard InChI is InChI=1S/C15H20BrClO/c1-9-3-4-11(7-10(9)2)15(18)12-5-6-13(16)14(17)8-12/h5-6,8-11,15,18H,3-4,7H2,1-2H3. The Morgan fingerprint density at radius 1 is 1.28 bits per heavy atom. The van der Waals surface area contributed by atoms with Crippen molar-refractivity contribution in [3.63, 3.8) is 0 Å². The zero-order chi connectivity index (χ0) is 13.3. The van der Waals surface area contributed by atoms with Gasteiger partial charge in [0.2, 0.25) is 0 Å². The number of benzene rings is 1. The number of hydrogen-bond acceptors (Lipinski definition) is 1. The van der Waals surface area contributed by atoms with E-state index in [1.165, 1.54) is 6.42 Å². The predicted octanol–water partition coefficient (Wildman–Crippen LogP) is 5.21. The molecule has 1 aliphatic carbocycles. The highest BCUT2D eigenvalue weighted by atomic mass is 79.9. The summed E-state index contributed by atoms with van der Waals surface area (Å²) >= 11 is 9.47. The summed E-state index contributed by atoms with van der Waals surface area (Å²) in [6.07, 6.45) is 3.05. The molecule has 0 radical (unpaired) electrons. The summed E-state index contributed by atoms with van der Waals surface area (Å²) in [5, 5.41) is 11.2. The molecule has 4 unspecified atom stereocenters. The second-order valence-electron chi connectivity index (χ2n) is 5.65. The van der Waals surface area contributed by atoms with E-state index in [0.29, 0.717) is 16.9 Å². The molecule has 100 valence electrons. The lowest BCUT2D eigenvalue weighted by atomic mass is 9.73. The lowest BCUT2D eigenvalue weighted by Crippen LogP contribution is -2.25. The zero-order valence-electron chi connectivity index (χ0n) is 10.9. The maximum Gasteiger partial charge on any atom is 0.0818 e. The largest absolute Gasteiger partial charge is 0.388 e. The van der Waals surface area contributed by atoms with Crippen LogP contribution in [0.3, 0.4) is 0 Å². The van der Waals surface area contributed by atoms with Gasteiger partial charge in [-0.05, 0) is 64.2 Å². The van der Waals surface area contributed by atoms with Crippen LogP contribution in [-0.4, -0.2) is 5.11 Å². The van der Waals surface area contributed by atoms with Gasteiger partial charge < -0.3 is 5.11 Å². The Bertz CT molecular complexity index is 421. The maximum atomic E-state index is 10.5. The van der Waals surface area contributed by atoms with E-state index in [1.54, 1.807) is 0 Å². The summed E-state index contributed by atoms with van der Waals surface area (Å²) in [4.78, 5) is 0. The molecule has 1 aromatic rings. The van der Waals surface area contributed by atoms with Gasteiger partial charge in [-0.25, -0.2) is 0 Å². The van der Waals surface area contributed by atoms with Gasteiger partial charge in [-0.2, -0.15) is 0 Å². The van der Waals surface area contributed by atoms with E-state index in [-0.39, 0.29) is 6.10 Å². The number of rotatable bonds is 2. The Morgan fingerprint density at radius 2 is 2.00 bits per heavy atom. The summed E-state index contributed by atoms with van der Waals surface area (Å²) in [6, 6.07) is 5.75. The molecule has 0 spiro atoms. The van der Waals surface area contributed by atoms with E-state index >= 15 is 0 Å². The van der Waals surface area contributed by atoms with Gasteiger partial charge in [0.25, 0.3) is 0 Å². The minimum Gasteiger partial charge on any atom is -0.388 e. The summed E-state index contributed by atoms with van der Waals surface area (Å²) < 4.78 is 0.880. The molecule has 1 fully saturated rings. The quantitative estimate of drug-likeness (QED) is 0.789. The monoisotopic (exact) mass is 330 g/mol. The molecular weight excluding hydrogens is 312 g/mol. The van der Waals surface area contributed by atoms with E-state index in [4.69, 9.17) is 11.6 Å². The van der Waals surface area contributed by atoms with Gasteiger partial charge in [-0.15, -0.1) is 0 Å². The second-order valence-corrected chi connectivity index (χ2v) is 6.91. The van der Waals surface area contributed by atoms with E-state index in [9.17, 15) is 5.11 Å². The normalized spacial score (nSPS) is 30.2. The summed E-state index contributed by atoms with van der Waals surface area (Å²) in [5.41, 5.74) is 0.940. The van der Waals surface area contributed by atoms with Crippen LogP contribution in [0.5, 0.6) is 0 Å². The lowest BCUT2D eigenvalue weighted by molar-refractivity contribution is 0.0561. The molecule has 1 saturated carbocycles. The molecule has 1 nitrogen and oxygen atoms in total. The van der Waals surface area contributed by atoms with E-state index in [0.717, 1.165) is 28.8 Å². The van der Waals surface area contributed by atoms with Crippen molar-refractivity contribution in [1.82, 2.24) is 0 Å². The van der Waals surface area contributed by atoms with Crippen molar-refractivity contribution >= 4 is 27.5 Å². The molecule has 0 aromatic heterocycles. The van der Waals surface area contributed by atoms with Gasteiger partial charge in [-0.3, -0.25) is 0 Å². The lowest BCUT2D eigenvalue weighted by Gasteiger charge is -2.34. The predicted molar refractivity (Wildman–Crippen MR) is 79.8 cm³/mol. The van der Waals surface area contributed by atoms with Gasteiger partial charge in [0.15, 0.2) is 0 Å². The Morgan fingerprint density at radius 3 is 2.61 bits per heavy atom. The molecule has 4 atom stereocenters. The maximum absolute atomic E-state index is 10.5. The van der Waals surface area contributed by atoms with Crippen LogP contribution < -0.4 is 0 Å². The van der Waals surface area contributed by atoms with Crippen LogP contribution in [-0.2, 0) is 0 Å². The Labute approximate surface area is 123 Å². The van der Waals surface area contributed by atoms with Crippen LogP contribution in [0.4, 0.5) is 0 Å². The zero-order valence-corrected chi connectivity index (χ0v) is 13.2. The number of halogens is 2. The van der Waals surface area contributed by atoms with E-state index < -0.39 is 0 Å². The van der Waals surface area contributed by atoms with Crippen molar-refractivity contribution in [3.8, 4) is 0 Å². The second kappa shape index (κ2) is 5.94. The van der Waals surface area contributed by atoms with Crippen LogP contribution in [0, 0.1) is 17.8 Å². The number of aliphatic hydroxyl groups excluding tert-OH is 1. The summed E-state index contributed by atoms with van der Waals surface area (Å²) in [7, 11) is 0. The van der Waals surface area contributed by atoms with Crippen molar-refractivity contribution in [2.75, 3.05) is 0 Å². The highest BCUT2D eigenvalue weighted by Gasteiger charge is 2.30. The van der Waals surface area contributed by atoms with Crippen molar-refractivity contribution < 1.29 is 5.11 Å². The smallest absolute Gasteiger partial charge is 0.0818 e. The molecule has 0 heterocycles. The fourth-order valence-electron chi connectivity index (χ4n) is 2.84. The first kappa shape index (κ1) is 14.4. The van der Waals surface area contributed by atoms with Crippen LogP contribution in [0.1, 0.15) is 44.8 Å². The molecule has 1 aliphatic rings. The molecule has 18 heavy (non-hydrogen) atoms. The topological polar surface area (TPSA) is 20.2 Å². The molecular formula is C15H20BrClO. The molecule has 1 N–H and O–H groups in total. The van der Waals surface area contributed by atoms with E-state index in [2.05, 4.69) is 29.8 Å². The molecule has 2 rings (SSSR count). The highest BCUT2D eigenvalue weighted by molar-refractivity contribution is 9.10. The Balaban J connectivity index is 2.11. The fraction of sp³-hybridized carbons (Fsp3) is 0.600. The minimum absolute atomic E-state index is 0.369. The Kier molecular flexibility index (Phi) is 4.74. The van der Waals surface area contributed by atoms with Gasteiger partial charge in [0.1, 0.15) is 0 Å². The third kappa shape index (κ3) is 3.09. The number of hydrogen-bond donors (Lipinski definition) is 1. The average molecular weight is 332 g/mol. The van der Waals surface area contributed by atoms with E-state index in [1.807, 2.05) is 18.2 Å². The molecule has 0 bridgehead atoms. The molecule has 3 heteroatoms. The summed E-state index contributed by atoms with van der Waals surface area (Å²) in [5.74, 6) is 1.85. The highest BCUT2D eigenvalue weighted by Crippen LogP contribution is 2.40. The third-order valence-electron chi connectivity index (χ3n) is 4.37. The first-order valence-corrected chi connectivity index (χ1v) is 7.79. The minimum atomic E-state index is -0.384. The Hall–Kier alpha value is -0.0500. The first-order chi connectivity index (χ1) is 8.49. The number of aliphatic hydroxyl groups is 1. The fourth-order valence-corrected chi connectivity index (χ4v) is 3.28. The van der Waals surface area contributed by atoms with Gasteiger partial charge in [-0.1, -0.05) is 37.9 Å². The van der Waals surface area contributed by atoms with Gasteiger partial charge in [0.05, 0.1) is 11.1 Å². The van der Waals surface area contributed by atoms with Crippen molar-refractivity contribution in [2.45, 2.75) is 39.2 Å². The van der Waals surface area contributed by atoms with Gasteiger partial charge in [0, 0.05) is 4.47 Å². The molecule has 1 aromatic carbocycles. The SMILES string of the molecule is CC1CCC(C(O)c2ccc(Br)c(Cl)c2)CC1C. The van der Waals surface area contributed by atoms with Crippen LogP contribution in [0.2, 0.25) is 5.02 Å². The van der Waals surface area contributed by atoms with Crippen LogP contribution in [0.15, 0.2) is 22.7 Å². The first-order valence-electron chi connectivity index (χ1n) is 6.62. The van der Waals surface area contributed by atoms with Crippen LogP contribution in [0.25, 0.3) is 0 Å². The molecule has 0 saturated heterocycles. The van der Waals surface area contributed by atoms with Crippen LogP contribution >= 0.6 is 27.5 Å². The molecule has 0 aliphatic heterocycles. The van der Waals surface area contributed by atoms with Crippen molar-refractivity contribution in [3.05, 3.63) is 33.3 Å².